The Balaban J connectivity index is 1.96. The zero-order valence-electron chi connectivity index (χ0n) is 13.9. The van der Waals surface area contributed by atoms with Crippen molar-refractivity contribution in [2.24, 2.45) is 0 Å². The molecular weight excluding hydrogens is 296 g/mol. The van der Waals surface area contributed by atoms with Crippen molar-refractivity contribution in [2.45, 2.75) is 51.6 Å². The van der Waals surface area contributed by atoms with Crippen LogP contribution in [-0.4, -0.2) is 41.9 Å². The Bertz CT molecular complexity index is 482. The fraction of sp³-hybridized carbons (Fsp3) is 0.611. The number of hydrogen-bond donors (Lipinski definition) is 0. The van der Waals surface area contributed by atoms with Crippen LogP contribution in [0.1, 0.15) is 51.1 Å². The number of amides is 1. The van der Waals surface area contributed by atoms with E-state index in [4.69, 9.17) is 11.6 Å². The summed E-state index contributed by atoms with van der Waals surface area (Å²) in [5.41, 5.74) is 1.11. The average Bonchev–Trinajstić information content (AvgIpc) is 3.06. The predicted molar refractivity (Wildman–Crippen MR) is 92.1 cm³/mol. The van der Waals surface area contributed by atoms with Gasteiger partial charge in [-0.05, 0) is 44.0 Å². The van der Waals surface area contributed by atoms with Gasteiger partial charge in [0.05, 0.1) is 12.6 Å². The molecule has 1 atom stereocenters. The monoisotopic (exact) mass is 322 g/mol. The van der Waals surface area contributed by atoms with Gasteiger partial charge in [-0.15, -0.1) is 0 Å². The minimum absolute atomic E-state index is 0.0621. The minimum atomic E-state index is 0.0621. The molecule has 0 unspecified atom stereocenters. The van der Waals surface area contributed by atoms with Crippen molar-refractivity contribution in [2.75, 3.05) is 20.1 Å². The van der Waals surface area contributed by atoms with Gasteiger partial charge in [-0.3, -0.25) is 9.69 Å². The van der Waals surface area contributed by atoms with Crippen molar-refractivity contribution < 1.29 is 4.79 Å². The number of nitrogens with zero attached hydrogens (tertiary/aromatic N) is 2. The Morgan fingerprint density at radius 3 is 2.41 bits per heavy atom. The smallest absolute Gasteiger partial charge is 0.237 e. The normalized spacial score (nSPS) is 17.0. The first-order valence-corrected chi connectivity index (χ1v) is 8.66. The van der Waals surface area contributed by atoms with Gasteiger partial charge < -0.3 is 4.90 Å². The standard InChI is InChI=1S/C18H27ClN2O/c1-4-21(17-7-5-6-8-17)13-18(22)20(3)14(2)15-9-11-16(19)12-10-15/h9-12,14,17H,4-8,13H2,1-3H3/t14-/m0/s1. The summed E-state index contributed by atoms with van der Waals surface area (Å²) in [5, 5.41) is 0.725. The SMILES string of the molecule is CCN(CC(=O)N(C)[C@@H](C)c1ccc(Cl)cc1)C1CCCC1. The average molecular weight is 323 g/mol. The van der Waals surface area contributed by atoms with E-state index in [1.54, 1.807) is 0 Å². The highest BCUT2D eigenvalue weighted by molar-refractivity contribution is 6.30. The molecule has 0 aliphatic heterocycles. The Hall–Kier alpha value is -1.06. The van der Waals surface area contributed by atoms with Crippen molar-refractivity contribution >= 4 is 17.5 Å². The number of likely N-dealkylation sites (N-methyl/N-ethyl adjacent to an activating group) is 2. The van der Waals surface area contributed by atoms with Crippen LogP contribution in [0.15, 0.2) is 24.3 Å². The third-order valence-corrected chi connectivity index (χ3v) is 5.16. The molecule has 1 saturated carbocycles. The van der Waals surface area contributed by atoms with E-state index in [2.05, 4.69) is 18.7 Å². The topological polar surface area (TPSA) is 23.6 Å². The molecule has 0 heterocycles. The van der Waals surface area contributed by atoms with Gasteiger partial charge in [0.25, 0.3) is 0 Å². The van der Waals surface area contributed by atoms with Crippen LogP contribution in [0, 0.1) is 0 Å². The first-order chi connectivity index (χ1) is 10.5. The van der Waals surface area contributed by atoms with Crippen LogP contribution in [-0.2, 0) is 4.79 Å². The van der Waals surface area contributed by atoms with E-state index in [0.29, 0.717) is 12.6 Å². The maximum atomic E-state index is 12.6. The molecule has 0 radical (unpaired) electrons. The minimum Gasteiger partial charge on any atom is -0.338 e. The number of benzene rings is 1. The predicted octanol–water partition coefficient (Wildman–Crippen LogP) is 4.12. The Morgan fingerprint density at radius 1 is 1.27 bits per heavy atom. The molecule has 122 valence electrons. The number of hydrogen-bond acceptors (Lipinski definition) is 2. The molecule has 0 aromatic heterocycles. The second-order valence-corrected chi connectivity index (χ2v) is 6.67. The molecular formula is C18H27ClN2O. The molecule has 1 aliphatic carbocycles. The van der Waals surface area contributed by atoms with Gasteiger partial charge in [-0.1, -0.05) is 43.5 Å². The second-order valence-electron chi connectivity index (χ2n) is 6.23. The van der Waals surface area contributed by atoms with Crippen LogP contribution < -0.4 is 0 Å². The van der Waals surface area contributed by atoms with Gasteiger partial charge in [0.2, 0.25) is 5.91 Å². The largest absolute Gasteiger partial charge is 0.338 e. The first-order valence-electron chi connectivity index (χ1n) is 8.28. The van der Waals surface area contributed by atoms with Gasteiger partial charge in [-0.25, -0.2) is 0 Å². The summed E-state index contributed by atoms with van der Waals surface area (Å²) in [5.74, 6) is 0.191. The van der Waals surface area contributed by atoms with Crippen molar-refractivity contribution in [3.8, 4) is 0 Å². The van der Waals surface area contributed by atoms with Crippen LogP contribution in [0.5, 0.6) is 0 Å². The molecule has 0 spiro atoms. The molecule has 0 bridgehead atoms. The molecule has 2 rings (SSSR count). The molecule has 1 aliphatic rings. The summed E-state index contributed by atoms with van der Waals surface area (Å²) in [4.78, 5) is 16.8. The summed E-state index contributed by atoms with van der Waals surface area (Å²) in [7, 11) is 1.89. The highest BCUT2D eigenvalue weighted by Crippen LogP contribution is 2.24. The van der Waals surface area contributed by atoms with Gasteiger partial charge in [0.15, 0.2) is 0 Å². The maximum Gasteiger partial charge on any atom is 0.237 e. The van der Waals surface area contributed by atoms with E-state index in [0.717, 1.165) is 17.1 Å². The van der Waals surface area contributed by atoms with Gasteiger partial charge in [-0.2, -0.15) is 0 Å². The van der Waals surface area contributed by atoms with Gasteiger partial charge >= 0.3 is 0 Å². The highest BCUT2D eigenvalue weighted by Gasteiger charge is 2.25. The summed E-state index contributed by atoms with van der Waals surface area (Å²) in [6.45, 7) is 5.68. The summed E-state index contributed by atoms with van der Waals surface area (Å²) in [6.07, 6.45) is 5.06. The van der Waals surface area contributed by atoms with Crippen LogP contribution in [0.4, 0.5) is 0 Å². The van der Waals surface area contributed by atoms with E-state index in [-0.39, 0.29) is 11.9 Å². The van der Waals surface area contributed by atoms with E-state index in [1.807, 2.05) is 36.2 Å². The third kappa shape index (κ3) is 4.23. The number of carbonyl (C=O) groups is 1. The molecule has 1 aromatic rings. The van der Waals surface area contributed by atoms with Crippen molar-refractivity contribution in [3.05, 3.63) is 34.9 Å². The lowest BCUT2D eigenvalue weighted by Crippen LogP contribution is -2.43. The highest BCUT2D eigenvalue weighted by atomic mass is 35.5. The quantitative estimate of drug-likeness (QED) is 0.786. The van der Waals surface area contributed by atoms with Crippen LogP contribution >= 0.6 is 11.6 Å². The fourth-order valence-electron chi connectivity index (χ4n) is 3.23. The molecule has 1 amide bonds. The summed E-state index contributed by atoms with van der Waals surface area (Å²) < 4.78 is 0. The molecule has 0 saturated heterocycles. The van der Waals surface area contributed by atoms with Gasteiger partial charge in [0, 0.05) is 18.1 Å². The zero-order valence-corrected chi connectivity index (χ0v) is 14.6. The second kappa shape index (κ2) is 7.98. The lowest BCUT2D eigenvalue weighted by atomic mass is 10.1. The fourth-order valence-corrected chi connectivity index (χ4v) is 3.36. The van der Waals surface area contributed by atoms with E-state index >= 15 is 0 Å². The molecule has 4 heteroatoms. The van der Waals surface area contributed by atoms with Crippen LogP contribution in [0.2, 0.25) is 5.02 Å². The molecule has 1 aromatic carbocycles. The maximum absolute atomic E-state index is 12.6. The van der Waals surface area contributed by atoms with Crippen LogP contribution in [0.25, 0.3) is 0 Å². The summed E-state index contributed by atoms with van der Waals surface area (Å²) >= 11 is 5.93. The number of carbonyl (C=O) groups excluding carboxylic acids is 1. The Morgan fingerprint density at radius 2 is 1.86 bits per heavy atom. The third-order valence-electron chi connectivity index (χ3n) is 4.91. The Kier molecular flexibility index (Phi) is 6.27. The van der Waals surface area contributed by atoms with Crippen molar-refractivity contribution in [1.29, 1.82) is 0 Å². The Labute approximate surface area is 139 Å². The van der Waals surface area contributed by atoms with E-state index in [9.17, 15) is 4.79 Å². The molecule has 0 N–H and O–H groups in total. The first kappa shape index (κ1) is 17.3. The van der Waals surface area contributed by atoms with E-state index < -0.39 is 0 Å². The molecule has 3 nitrogen and oxygen atoms in total. The lowest BCUT2D eigenvalue weighted by molar-refractivity contribution is -0.133. The zero-order chi connectivity index (χ0) is 16.1. The van der Waals surface area contributed by atoms with Crippen molar-refractivity contribution in [1.82, 2.24) is 9.80 Å². The van der Waals surface area contributed by atoms with E-state index in [1.165, 1.54) is 25.7 Å². The number of rotatable bonds is 6. The number of halogens is 1. The summed E-state index contributed by atoms with van der Waals surface area (Å²) in [6, 6.07) is 8.39. The molecule has 22 heavy (non-hydrogen) atoms. The van der Waals surface area contributed by atoms with Gasteiger partial charge in [0.1, 0.15) is 0 Å². The molecule has 1 fully saturated rings. The van der Waals surface area contributed by atoms with Crippen molar-refractivity contribution in [3.63, 3.8) is 0 Å². The lowest BCUT2D eigenvalue weighted by Gasteiger charge is -2.31. The van der Waals surface area contributed by atoms with Crippen LogP contribution in [0.3, 0.4) is 0 Å².